The number of hydrogen-bond donors (Lipinski definition) is 0. The Kier molecular flexibility index (Phi) is 4.94. The molecule has 1 aromatic rings. The summed E-state index contributed by atoms with van der Waals surface area (Å²) >= 11 is 0. The molecule has 5 heteroatoms. The van der Waals surface area contributed by atoms with Crippen LogP contribution in [0.4, 0.5) is 0 Å². The van der Waals surface area contributed by atoms with Gasteiger partial charge in [-0.25, -0.2) is 4.98 Å². The predicted octanol–water partition coefficient (Wildman–Crippen LogP) is 1.87. The van der Waals surface area contributed by atoms with E-state index in [0.717, 1.165) is 38.4 Å². The third kappa shape index (κ3) is 4.15. The standard InChI is InChI=1S/C15H25N3O2/c1-15(2,3)13-9-17-14(10-16-13)20-12-5-6-18(11-12)7-8-19-4/h9-10,12H,5-8,11H2,1-4H3/t12-/m1/s1. The van der Waals surface area contributed by atoms with Gasteiger partial charge in [-0.15, -0.1) is 0 Å². The quantitative estimate of drug-likeness (QED) is 0.823. The van der Waals surface area contributed by atoms with Crippen LogP contribution in [0.1, 0.15) is 32.9 Å². The maximum atomic E-state index is 5.90. The first-order valence-corrected chi connectivity index (χ1v) is 7.19. The molecule has 0 bridgehead atoms. The van der Waals surface area contributed by atoms with Crippen molar-refractivity contribution < 1.29 is 9.47 Å². The fraction of sp³-hybridized carbons (Fsp3) is 0.733. The average molecular weight is 279 g/mol. The molecule has 1 aromatic heterocycles. The molecule has 0 spiro atoms. The van der Waals surface area contributed by atoms with E-state index in [4.69, 9.17) is 9.47 Å². The first-order chi connectivity index (χ1) is 9.49. The Morgan fingerprint density at radius 1 is 1.30 bits per heavy atom. The van der Waals surface area contributed by atoms with Crippen molar-refractivity contribution in [2.24, 2.45) is 0 Å². The van der Waals surface area contributed by atoms with Crippen LogP contribution in [-0.4, -0.2) is 54.3 Å². The molecule has 0 amide bonds. The summed E-state index contributed by atoms with van der Waals surface area (Å²) in [7, 11) is 1.73. The molecule has 20 heavy (non-hydrogen) atoms. The van der Waals surface area contributed by atoms with Crippen molar-refractivity contribution >= 4 is 0 Å². The van der Waals surface area contributed by atoms with Gasteiger partial charge in [0.2, 0.25) is 5.88 Å². The fourth-order valence-electron chi connectivity index (χ4n) is 2.25. The van der Waals surface area contributed by atoms with E-state index < -0.39 is 0 Å². The van der Waals surface area contributed by atoms with E-state index in [-0.39, 0.29) is 11.5 Å². The minimum Gasteiger partial charge on any atom is -0.472 e. The highest BCUT2D eigenvalue weighted by atomic mass is 16.5. The van der Waals surface area contributed by atoms with Crippen LogP contribution in [0.2, 0.25) is 0 Å². The summed E-state index contributed by atoms with van der Waals surface area (Å²) in [4.78, 5) is 11.2. The molecule has 5 nitrogen and oxygen atoms in total. The SMILES string of the molecule is COCCN1CC[C@@H](Oc2cnc(C(C)(C)C)cn2)C1. The van der Waals surface area contributed by atoms with Gasteiger partial charge in [0.15, 0.2) is 0 Å². The zero-order valence-corrected chi connectivity index (χ0v) is 12.9. The van der Waals surface area contributed by atoms with Gasteiger partial charge in [-0.2, -0.15) is 0 Å². The molecular weight excluding hydrogens is 254 g/mol. The lowest BCUT2D eigenvalue weighted by Gasteiger charge is -2.18. The van der Waals surface area contributed by atoms with Crippen molar-refractivity contribution in [2.75, 3.05) is 33.4 Å². The summed E-state index contributed by atoms with van der Waals surface area (Å²) in [6.45, 7) is 10.1. The lowest BCUT2D eigenvalue weighted by Crippen LogP contribution is -2.28. The second-order valence-corrected chi connectivity index (χ2v) is 6.31. The minimum atomic E-state index is 0.0237. The second kappa shape index (κ2) is 6.50. The summed E-state index contributed by atoms with van der Waals surface area (Å²) in [5.74, 6) is 0.622. The van der Waals surface area contributed by atoms with Crippen LogP contribution in [0.5, 0.6) is 5.88 Å². The number of rotatable bonds is 5. The zero-order chi connectivity index (χ0) is 14.6. The van der Waals surface area contributed by atoms with Crippen LogP contribution < -0.4 is 4.74 Å². The maximum Gasteiger partial charge on any atom is 0.232 e. The number of aromatic nitrogens is 2. The van der Waals surface area contributed by atoms with Gasteiger partial charge in [-0.05, 0) is 6.42 Å². The molecule has 0 radical (unpaired) electrons. The number of methoxy groups -OCH3 is 1. The van der Waals surface area contributed by atoms with Gasteiger partial charge in [0, 0.05) is 32.2 Å². The van der Waals surface area contributed by atoms with E-state index in [1.54, 1.807) is 13.3 Å². The molecule has 0 N–H and O–H groups in total. The largest absolute Gasteiger partial charge is 0.472 e. The van der Waals surface area contributed by atoms with Gasteiger partial charge in [0.1, 0.15) is 6.10 Å². The number of hydrogen-bond acceptors (Lipinski definition) is 5. The summed E-state index contributed by atoms with van der Waals surface area (Å²) in [6.07, 6.45) is 4.79. The lowest BCUT2D eigenvalue weighted by atomic mass is 9.93. The molecule has 0 aliphatic carbocycles. The molecule has 1 aliphatic rings. The molecule has 0 aromatic carbocycles. The highest BCUT2D eigenvalue weighted by Gasteiger charge is 2.24. The fourth-order valence-corrected chi connectivity index (χ4v) is 2.25. The van der Waals surface area contributed by atoms with Gasteiger partial charge in [-0.1, -0.05) is 20.8 Å². The molecule has 2 heterocycles. The zero-order valence-electron chi connectivity index (χ0n) is 12.9. The Balaban J connectivity index is 1.85. The number of likely N-dealkylation sites (tertiary alicyclic amines) is 1. The Morgan fingerprint density at radius 3 is 2.70 bits per heavy atom. The highest BCUT2D eigenvalue weighted by Crippen LogP contribution is 2.21. The van der Waals surface area contributed by atoms with E-state index >= 15 is 0 Å². The van der Waals surface area contributed by atoms with Gasteiger partial charge >= 0.3 is 0 Å². The van der Waals surface area contributed by atoms with Crippen LogP contribution in [0, 0.1) is 0 Å². The van der Waals surface area contributed by atoms with Crippen molar-refractivity contribution in [3.8, 4) is 5.88 Å². The van der Waals surface area contributed by atoms with Crippen molar-refractivity contribution in [3.63, 3.8) is 0 Å². The second-order valence-electron chi connectivity index (χ2n) is 6.31. The van der Waals surface area contributed by atoms with Crippen LogP contribution in [0.15, 0.2) is 12.4 Å². The van der Waals surface area contributed by atoms with Crippen LogP contribution >= 0.6 is 0 Å². The van der Waals surface area contributed by atoms with Crippen LogP contribution in [0.25, 0.3) is 0 Å². The van der Waals surface area contributed by atoms with Crippen molar-refractivity contribution in [2.45, 2.75) is 38.7 Å². The van der Waals surface area contributed by atoms with Crippen LogP contribution in [-0.2, 0) is 10.2 Å². The smallest absolute Gasteiger partial charge is 0.232 e. The van der Waals surface area contributed by atoms with Gasteiger partial charge < -0.3 is 9.47 Å². The Labute approximate surface area is 121 Å². The first-order valence-electron chi connectivity index (χ1n) is 7.19. The van der Waals surface area contributed by atoms with Crippen molar-refractivity contribution in [1.82, 2.24) is 14.9 Å². The van der Waals surface area contributed by atoms with E-state index in [0.29, 0.717) is 5.88 Å². The third-order valence-electron chi connectivity index (χ3n) is 3.52. The lowest BCUT2D eigenvalue weighted by molar-refractivity contribution is 0.147. The predicted molar refractivity (Wildman–Crippen MR) is 78.1 cm³/mol. The summed E-state index contributed by atoms with van der Waals surface area (Å²) in [5, 5.41) is 0. The monoisotopic (exact) mass is 279 g/mol. The van der Waals surface area contributed by atoms with Gasteiger partial charge in [0.05, 0.1) is 24.7 Å². The molecule has 1 aliphatic heterocycles. The Bertz CT molecular complexity index is 414. The van der Waals surface area contributed by atoms with Crippen LogP contribution in [0.3, 0.4) is 0 Å². The van der Waals surface area contributed by atoms with E-state index in [1.807, 2.05) is 6.20 Å². The molecular formula is C15H25N3O2. The molecule has 1 fully saturated rings. The topological polar surface area (TPSA) is 47.5 Å². The molecule has 0 unspecified atom stereocenters. The number of nitrogens with zero attached hydrogens (tertiary/aromatic N) is 3. The van der Waals surface area contributed by atoms with E-state index in [1.165, 1.54) is 0 Å². The normalized spacial score (nSPS) is 20.3. The molecule has 2 rings (SSSR count). The van der Waals surface area contributed by atoms with Gasteiger partial charge in [-0.3, -0.25) is 9.88 Å². The highest BCUT2D eigenvalue weighted by molar-refractivity contribution is 5.13. The molecule has 1 saturated heterocycles. The third-order valence-corrected chi connectivity index (χ3v) is 3.52. The summed E-state index contributed by atoms with van der Waals surface area (Å²) in [5.41, 5.74) is 1.01. The number of ether oxygens (including phenoxy) is 2. The Morgan fingerprint density at radius 2 is 2.10 bits per heavy atom. The maximum absolute atomic E-state index is 5.90. The first kappa shape index (κ1) is 15.2. The average Bonchev–Trinajstić information content (AvgIpc) is 2.83. The minimum absolute atomic E-state index is 0.0237. The molecule has 0 saturated carbocycles. The van der Waals surface area contributed by atoms with Gasteiger partial charge in [0.25, 0.3) is 0 Å². The Hall–Kier alpha value is -1.20. The molecule has 112 valence electrons. The van der Waals surface area contributed by atoms with E-state index in [9.17, 15) is 0 Å². The summed E-state index contributed by atoms with van der Waals surface area (Å²) < 4.78 is 11.0. The summed E-state index contributed by atoms with van der Waals surface area (Å²) in [6, 6.07) is 0. The van der Waals surface area contributed by atoms with Crippen molar-refractivity contribution in [3.05, 3.63) is 18.1 Å². The van der Waals surface area contributed by atoms with E-state index in [2.05, 4.69) is 35.6 Å². The molecule has 1 atom stereocenters. The van der Waals surface area contributed by atoms with Crippen molar-refractivity contribution in [1.29, 1.82) is 0 Å².